The van der Waals surface area contributed by atoms with E-state index < -0.39 is 0 Å². The first-order valence-corrected chi connectivity index (χ1v) is 8.40. The topological polar surface area (TPSA) is 30.5 Å². The van der Waals surface area contributed by atoms with Gasteiger partial charge in [0, 0.05) is 6.04 Å². The molecule has 0 bridgehead atoms. The highest BCUT2D eigenvalue weighted by molar-refractivity contribution is 6.32. The summed E-state index contributed by atoms with van der Waals surface area (Å²) in [5.74, 6) is 1.48. The zero-order valence-corrected chi connectivity index (χ0v) is 13.4. The average molecular weight is 310 g/mol. The van der Waals surface area contributed by atoms with Gasteiger partial charge in [0.25, 0.3) is 0 Å². The van der Waals surface area contributed by atoms with Crippen molar-refractivity contribution >= 4 is 11.6 Å². The van der Waals surface area contributed by atoms with Crippen molar-refractivity contribution in [1.29, 1.82) is 0 Å². The van der Waals surface area contributed by atoms with E-state index in [-0.39, 0.29) is 0 Å². The van der Waals surface area contributed by atoms with Crippen molar-refractivity contribution < 1.29 is 9.47 Å². The lowest BCUT2D eigenvalue weighted by atomic mass is 10.0. The summed E-state index contributed by atoms with van der Waals surface area (Å²) >= 11 is 6.45. The molecule has 116 valence electrons. The van der Waals surface area contributed by atoms with Crippen LogP contribution in [0.4, 0.5) is 0 Å². The molecule has 0 spiro atoms. The molecular weight excluding hydrogens is 286 g/mol. The van der Waals surface area contributed by atoms with E-state index in [9.17, 15) is 0 Å². The van der Waals surface area contributed by atoms with E-state index in [0.717, 1.165) is 31.6 Å². The summed E-state index contributed by atoms with van der Waals surface area (Å²) in [5.41, 5.74) is 1.22. The molecule has 1 N–H and O–H groups in total. The highest BCUT2D eigenvalue weighted by Crippen LogP contribution is 2.39. The maximum absolute atomic E-state index is 6.45. The molecule has 1 aliphatic heterocycles. The predicted octanol–water partition coefficient (Wildman–Crippen LogP) is 3.96. The van der Waals surface area contributed by atoms with Gasteiger partial charge in [0.05, 0.1) is 18.2 Å². The molecule has 1 heterocycles. The van der Waals surface area contributed by atoms with Crippen molar-refractivity contribution in [2.75, 3.05) is 13.7 Å². The SMILES string of the molecule is COc1cc(CC2CCCN2)cc(Cl)c1OC1CCCC1. The maximum atomic E-state index is 6.45. The molecular formula is C17H24ClNO2. The van der Waals surface area contributed by atoms with Crippen LogP contribution in [0.15, 0.2) is 12.1 Å². The number of rotatable bonds is 5. The number of ether oxygens (including phenoxy) is 2. The molecule has 1 aromatic rings. The van der Waals surface area contributed by atoms with E-state index in [1.165, 1.54) is 31.2 Å². The van der Waals surface area contributed by atoms with Gasteiger partial charge in [0.1, 0.15) is 0 Å². The van der Waals surface area contributed by atoms with E-state index in [1.54, 1.807) is 7.11 Å². The minimum atomic E-state index is 0.291. The normalized spacial score (nSPS) is 22.7. The van der Waals surface area contributed by atoms with Crippen LogP contribution < -0.4 is 14.8 Å². The van der Waals surface area contributed by atoms with E-state index >= 15 is 0 Å². The van der Waals surface area contributed by atoms with Crippen LogP contribution in [-0.4, -0.2) is 25.8 Å². The number of halogens is 1. The van der Waals surface area contributed by atoms with Gasteiger partial charge in [-0.05, 0) is 69.2 Å². The second-order valence-electron chi connectivity index (χ2n) is 6.13. The molecule has 3 nitrogen and oxygen atoms in total. The number of methoxy groups -OCH3 is 1. The van der Waals surface area contributed by atoms with Crippen molar-refractivity contribution in [1.82, 2.24) is 5.32 Å². The predicted molar refractivity (Wildman–Crippen MR) is 85.6 cm³/mol. The minimum absolute atomic E-state index is 0.291. The Morgan fingerprint density at radius 2 is 2.00 bits per heavy atom. The fourth-order valence-electron chi connectivity index (χ4n) is 3.39. The van der Waals surface area contributed by atoms with Crippen LogP contribution in [0.3, 0.4) is 0 Å². The Morgan fingerprint density at radius 3 is 2.67 bits per heavy atom. The van der Waals surface area contributed by atoms with Crippen LogP contribution in [0.1, 0.15) is 44.1 Å². The quantitative estimate of drug-likeness (QED) is 0.893. The zero-order valence-electron chi connectivity index (χ0n) is 12.7. The summed E-state index contributed by atoms with van der Waals surface area (Å²) in [6.45, 7) is 1.12. The summed E-state index contributed by atoms with van der Waals surface area (Å²) in [5, 5.41) is 4.20. The first kappa shape index (κ1) is 15.0. The molecule has 1 atom stereocenters. The molecule has 0 aromatic heterocycles. The molecule has 1 saturated carbocycles. The van der Waals surface area contributed by atoms with Crippen LogP contribution in [0, 0.1) is 0 Å². The van der Waals surface area contributed by atoms with Crippen molar-refractivity contribution in [3.05, 3.63) is 22.7 Å². The van der Waals surface area contributed by atoms with Gasteiger partial charge >= 0.3 is 0 Å². The lowest BCUT2D eigenvalue weighted by Crippen LogP contribution is -2.23. The first-order chi connectivity index (χ1) is 10.3. The van der Waals surface area contributed by atoms with Gasteiger partial charge in [-0.3, -0.25) is 0 Å². The summed E-state index contributed by atoms with van der Waals surface area (Å²) in [4.78, 5) is 0. The molecule has 4 heteroatoms. The van der Waals surface area contributed by atoms with E-state index in [4.69, 9.17) is 21.1 Å². The van der Waals surface area contributed by atoms with Gasteiger partial charge < -0.3 is 14.8 Å². The van der Waals surface area contributed by atoms with E-state index in [0.29, 0.717) is 22.9 Å². The van der Waals surface area contributed by atoms with Gasteiger partial charge in [-0.2, -0.15) is 0 Å². The Morgan fingerprint density at radius 1 is 1.19 bits per heavy atom. The van der Waals surface area contributed by atoms with Crippen LogP contribution in [0.25, 0.3) is 0 Å². The van der Waals surface area contributed by atoms with E-state index in [2.05, 4.69) is 11.4 Å². The van der Waals surface area contributed by atoms with Gasteiger partial charge in [-0.25, -0.2) is 0 Å². The van der Waals surface area contributed by atoms with E-state index in [1.807, 2.05) is 6.07 Å². The Kier molecular flexibility index (Phi) is 4.91. The molecule has 1 unspecified atom stereocenters. The molecule has 0 amide bonds. The molecule has 0 radical (unpaired) electrons. The minimum Gasteiger partial charge on any atom is -0.493 e. The molecule has 3 rings (SSSR count). The molecule has 1 saturated heterocycles. The number of hydrogen-bond donors (Lipinski definition) is 1. The average Bonchev–Trinajstić information content (AvgIpc) is 3.14. The standard InChI is InChI=1S/C17H24ClNO2/c1-20-16-11-12(9-13-5-4-8-19-13)10-15(18)17(16)21-14-6-2-3-7-14/h10-11,13-14,19H,2-9H2,1H3. The summed E-state index contributed by atoms with van der Waals surface area (Å²) < 4.78 is 11.6. The van der Waals surface area contributed by atoms with Gasteiger partial charge in [-0.15, -0.1) is 0 Å². The van der Waals surface area contributed by atoms with Crippen LogP contribution in [0.2, 0.25) is 5.02 Å². The third-order valence-electron chi connectivity index (χ3n) is 4.52. The lowest BCUT2D eigenvalue weighted by molar-refractivity contribution is 0.201. The van der Waals surface area contributed by atoms with Crippen molar-refractivity contribution in [2.24, 2.45) is 0 Å². The maximum Gasteiger partial charge on any atom is 0.180 e. The monoisotopic (exact) mass is 309 g/mol. The number of benzene rings is 1. The highest BCUT2D eigenvalue weighted by Gasteiger charge is 2.22. The van der Waals surface area contributed by atoms with Crippen LogP contribution in [0.5, 0.6) is 11.5 Å². The fourth-order valence-corrected chi connectivity index (χ4v) is 3.67. The number of nitrogens with one attached hydrogen (secondary N) is 1. The Hall–Kier alpha value is -0.930. The van der Waals surface area contributed by atoms with Crippen LogP contribution in [-0.2, 0) is 6.42 Å². The highest BCUT2D eigenvalue weighted by atomic mass is 35.5. The van der Waals surface area contributed by atoms with Gasteiger partial charge in [-0.1, -0.05) is 11.6 Å². The van der Waals surface area contributed by atoms with Crippen molar-refractivity contribution in [3.63, 3.8) is 0 Å². The summed E-state index contributed by atoms with van der Waals surface area (Å²) in [7, 11) is 1.69. The molecule has 2 fully saturated rings. The molecule has 2 aliphatic rings. The summed E-state index contributed by atoms with van der Waals surface area (Å²) in [6, 6.07) is 4.68. The first-order valence-electron chi connectivity index (χ1n) is 8.02. The second-order valence-corrected chi connectivity index (χ2v) is 6.54. The molecule has 21 heavy (non-hydrogen) atoms. The number of hydrogen-bond acceptors (Lipinski definition) is 3. The van der Waals surface area contributed by atoms with Crippen LogP contribution >= 0.6 is 11.6 Å². The third-order valence-corrected chi connectivity index (χ3v) is 4.80. The smallest absolute Gasteiger partial charge is 0.180 e. The lowest BCUT2D eigenvalue weighted by Gasteiger charge is -2.19. The molecule has 1 aliphatic carbocycles. The van der Waals surface area contributed by atoms with Crippen molar-refractivity contribution in [2.45, 2.75) is 57.1 Å². The Labute approximate surface area is 132 Å². The van der Waals surface area contributed by atoms with Gasteiger partial charge in [0.2, 0.25) is 0 Å². The Balaban J connectivity index is 1.76. The van der Waals surface area contributed by atoms with Crippen molar-refractivity contribution in [3.8, 4) is 11.5 Å². The summed E-state index contributed by atoms with van der Waals surface area (Å²) in [6.07, 6.45) is 8.52. The largest absolute Gasteiger partial charge is 0.493 e. The molecule has 1 aromatic carbocycles. The Bertz CT molecular complexity index is 480. The van der Waals surface area contributed by atoms with Gasteiger partial charge in [0.15, 0.2) is 11.5 Å². The fraction of sp³-hybridized carbons (Fsp3) is 0.647. The zero-order chi connectivity index (χ0) is 14.7. The third kappa shape index (κ3) is 3.64. The second kappa shape index (κ2) is 6.89.